The summed E-state index contributed by atoms with van der Waals surface area (Å²) in [5.74, 6) is 0.492. The van der Waals surface area contributed by atoms with Gasteiger partial charge in [0.1, 0.15) is 12.7 Å². The molecule has 13 heteroatoms. The average Bonchev–Trinajstić information content (AvgIpc) is 3.09. The van der Waals surface area contributed by atoms with Gasteiger partial charge in [-0.2, -0.15) is 13.2 Å². The van der Waals surface area contributed by atoms with E-state index in [0.29, 0.717) is 25.2 Å². The van der Waals surface area contributed by atoms with Gasteiger partial charge in [0.15, 0.2) is 11.6 Å². The molecule has 190 valence electrons. The maximum absolute atomic E-state index is 13.2. The number of hydrogen-bond acceptors (Lipinski definition) is 8. The van der Waals surface area contributed by atoms with Gasteiger partial charge in [-0.05, 0) is 30.7 Å². The molecule has 0 fully saturated rings. The zero-order valence-corrected chi connectivity index (χ0v) is 18.9. The third-order valence-corrected chi connectivity index (χ3v) is 5.23. The lowest BCUT2D eigenvalue weighted by atomic mass is 10.1. The smallest absolute Gasteiger partial charge is 0.416 e. The number of ether oxygens (including phenoxy) is 1. The number of pyridine rings is 1. The molecular weight excluding hydrogens is 481 g/mol. The van der Waals surface area contributed by atoms with Crippen LogP contribution in [0.3, 0.4) is 0 Å². The number of benzene rings is 1. The van der Waals surface area contributed by atoms with Gasteiger partial charge in [0, 0.05) is 18.7 Å². The lowest BCUT2D eigenvalue weighted by Gasteiger charge is -2.22. The van der Waals surface area contributed by atoms with E-state index in [0.717, 1.165) is 12.1 Å². The van der Waals surface area contributed by atoms with Gasteiger partial charge in [-0.15, -0.1) is 0 Å². The number of nitrogens with zero attached hydrogens (tertiary/aromatic N) is 4. The van der Waals surface area contributed by atoms with Crippen LogP contribution in [0.25, 0.3) is 11.3 Å². The Morgan fingerprint density at radius 3 is 2.78 bits per heavy atom. The number of carbonyl (C=O) groups is 1. The number of halogens is 3. The van der Waals surface area contributed by atoms with Crippen LogP contribution in [0.1, 0.15) is 12.0 Å². The molecule has 36 heavy (non-hydrogen) atoms. The maximum Gasteiger partial charge on any atom is 0.416 e. The monoisotopic (exact) mass is 504 g/mol. The molecule has 1 atom stereocenters. The summed E-state index contributed by atoms with van der Waals surface area (Å²) in [7, 11) is 0. The highest BCUT2D eigenvalue weighted by Crippen LogP contribution is 2.34. The summed E-state index contributed by atoms with van der Waals surface area (Å²) in [6, 6.07) is 7.56. The molecule has 1 aromatic carbocycles. The standard InChI is InChI=1S/C23H23F3N6O4/c24-23(25,26)15-4-1-3-14(9-15)17-5-6-18-21(30-17)32(8-2-7-27-18)22(35)31-19-10-29-20(11-28-19)36-13-16(34)12-33/h1,3-6,9-11,16,27,33-34H,2,7-8,12-13H2,(H,28,31,35)/t16-/m1/s1. The second-order valence-corrected chi connectivity index (χ2v) is 7.90. The van der Waals surface area contributed by atoms with Crippen molar-refractivity contribution in [2.24, 2.45) is 0 Å². The Hall–Kier alpha value is -3.97. The van der Waals surface area contributed by atoms with Gasteiger partial charge in [-0.3, -0.25) is 10.2 Å². The van der Waals surface area contributed by atoms with Crippen LogP contribution < -0.4 is 20.3 Å². The summed E-state index contributed by atoms with van der Waals surface area (Å²) in [4.78, 5) is 27.0. The maximum atomic E-state index is 13.2. The number of amides is 2. The van der Waals surface area contributed by atoms with Gasteiger partial charge in [0.2, 0.25) is 5.88 Å². The van der Waals surface area contributed by atoms with E-state index in [9.17, 15) is 23.1 Å². The van der Waals surface area contributed by atoms with Crippen LogP contribution >= 0.6 is 0 Å². The first-order chi connectivity index (χ1) is 17.2. The highest BCUT2D eigenvalue weighted by atomic mass is 19.4. The van der Waals surface area contributed by atoms with E-state index in [2.05, 4.69) is 25.6 Å². The topological polar surface area (TPSA) is 133 Å². The summed E-state index contributed by atoms with van der Waals surface area (Å²) in [5.41, 5.74) is 0.328. The zero-order chi connectivity index (χ0) is 25.7. The molecule has 10 nitrogen and oxygen atoms in total. The molecule has 2 aromatic heterocycles. The number of anilines is 3. The van der Waals surface area contributed by atoms with Crippen LogP contribution in [0.4, 0.5) is 35.3 Å². The van der Waals surface area contributed by atoms with E-state index in [1.807, 2.05) is 0 Å². The van der Waals surface area contributed by atoms with Crippen molar-refractivity contribution < 1.29 is 32.9 Å². The van der Waals surface area contributed by atoms with Gasteiger partial charge >= 0.3 is 12.2 Å². The van der Waals surface area contributed by atoms with Crippen LogP contribution in [0, 0.1) is 0 Å². The van der Waals surface area contributed by atoms with Crippen molar-refractivity contribution in [2.75, 3.05) is 41.8 Å². The van der Waals surface area contributed by atoms with Crippen molar-refractivity contribution in [1.82, 2.24) is 15.0 Å². The van der Waals surface area contributed by atoms with Crippen molar-refractivity contribution in [3.8, 4) is 17.1 Å². The minimum absolute atomic E-state index is 0.0946. The fourth-order valence-electron chi connectivity index (χ4n) is 3.44. The van der Waals surface area contributed by atoms with Crippen LogP contribution in [-0.4, -0.2) is 63.6 Å². The van der Waals surface area contributed by atoms with Crippen LogP contribution in [0.5, 0.6) is 5.88 Å². The molecule has 4 rings (SSSR count). The SMILES string of the molecule is O=C(Nc1cnc(OC[C@H](O)CO)cn1)N1CCCNc2ccc(-c3cccc(C(F)(F)F)c3)nc21. The molecule has 1 aliphatic heterocycles. The molecule has 4 N–H and O–H groups in total. The number of aliphatic hydroxyl groups excluding tert-OH is 2. The Morgan fingerprint density at radius 1 is 1.22 bits per heavy atom. The molecule has 0 aliphatic carbocycles. The van der Waals surface area contributed by atoms with Gasteiger partial charge in [0.05, 0.1) is 35.9 Å². The Bertz CT molecular complexity index is 1210. The van der Waals surface area contributed by atoms with E-state index < -0.39 is 30.5 Å². The summed E-state index contributed by atoms with van der Waals surface area (Å²) < 4.78 is 44.7. The molecule has 3 aromatic rings. The van der Waals surface area contributed by atoms with E-state index in [-0.39, 0.29) is 35.4 Å². The fourth-order valence-corrected chi connectivity index (χ4v) is 3.44. The van der Waals surface area contributed by atoms with Crippen LogP contribution in [-0.2, 0) is 6.18 Å². The van der Waals surface area contributed by atoms with Gasteiger partial charge in [0.25, 0.3) is 0 Å². The Balaban J connectivity index is 1.54. The van der Waals surface area contributed by atoms with Crippen molar-refractivity contribution in [3.05, 3.63) is 54.4 Å². The summed E-state index contributed by atoms with van der Waals surface area (Å²) in [5, 5.41) is 24.0. The number of rotatable bonds is 6. The van der Waals surface area contributed by atoms with Gasteiger partial charge in [-0.1, -0.05) is 12.1 Å². The number of fused-ring (bicyclic) bond motifs is 1. The summed E-state index contributed by atoms with van der Waals surface area (Å²) in [6.07, 6.45) is -2.43. The lowest BCUT2D eigenvalue weighted by molar-refractivity contribution is -0.137. The molecule has 0 unspecified atom stereocenters. The molecule has 0 saturated heterocycles. The predicted octanol–water partition coefficient (Wildman–Crippen LogP) is 3.14. The third kappa shape index (κ3) is 5.98. The molecule has 2 amide bonds. The van der Waals surface area contributed by atoms with Crippen molar-refractivity contribution in [2.45, 2.75) is 18.7 Å². The molecule has 0 radical (unpaired) electrons. The Kier molecular flexibility index (Phi) is 7.50. The molecule has 0 bridgehead atoms. The fraction of sp³-hybridized carbons (Fsp3) is 0.304. The first-order valence-electron chi connectivity index (χ1n) is 11.0. The number of aliphatic hydroxyl groups is 2. The minimum atomic E-state index is -4.49. The largest absolute Gasteiger partial charge is 0.474 e. The van der Waals surface area contributed by atoms with E-state index in [1.165, 1.54) is 29.4 Å². The highest BCUT2D eigenvalue weighted by molar-refractivity contribution is 6.02. The van der Waals surface area contributed by atoms with E-state index in [4.69, 9.17) is 9.84 Å². The van der Waals surface area contributed by atoms with E-state index in [1.54, 1.807) is 12.1 Å². The zero-order valence-electron chi connectivity index (χ0n) is 18.9. The number of aromatic nitrogens is 3. The van der Waals surface area contributed by atoms with E-state index >= 15 is 0 Å². The second kappa shape index (κ2) is 10.7. The van der Waals surface area contributed by atoms with Crippen LogP contribution in [0.15, 0.2) is 48.8 Å². The summed E-state index contributed by atoms with van der Waals surface area (Å²) >= 11 is 0. The first kappa shape index (κ1) is 25.1. The number of nitrogens with one attached hydrogen (secondary N) is 2. The van der Waals surface area contributed by atoms with Crippen molar-refractivity contribution >= 4 is 23.4 Å². The number of hydrogen-bond donors (Lipinski definition) is 4. The predicted molar refractivity (Wildman–Crippen MR) is 125 cm³/mol. The third-order valence-electron chi connectivity index (χ3n) is 5.23. The molecule has 1 aliphatic rings. The highest BCUT2D eigenvalue weighted by Gasteiger charge is 2.31. The summed E-state index contributed by atoms with van der Waals surface area (Å²) in [6.45, 7) is 0.247. The van der Waals surface area contributed by atoms with Gasteiger partial charge in [-0.25, -0.2) is 19.7 Å². The lowest BCUT2D eigenvalue weighted by Crippen LogP contribution is -2.36. The normalized spacial score (nSPS) is 14.3. The van der Waals surface area contributed by atoms with Gasteiger partial charge < -0.3 is 20.3 Å². The molecule has 0 spiro atoms. The Morgan fingerprint density at radius 2 is 2.06 bits per heavy atom. The number of urea groups is 1. The van der Waals surface area contributed by atoms with Crippen molar-refractivity contribution in [3.63, 3.8) is 0 Å². The van der Waals surface area contributed by atoms with Crippen molar-refractivity contribution in [1.29, 1.82) is 0 Å². The van der Waals surface area contributed by atoms with Crippen LogP contribution in [0.2, 0.25) is 0 Å². The average molecular weight is 504 g/mol. The second-order valence-electron chi connectivity index (χ2n) is 7.90. The Labute approximate surface area is 203 Å². The molecule has 0 saturated carbocycles. The molecule has 3 heterocycles. The minimum Gasteiger partial charge on any atom is -0.474 e. The number of alkyl halides is 3. The quantitative estimate of drug-likeness (QED) is 0.403. The molecular formula is C23H23F3N6O4. The number of carbonyl (C=O) groups excluding carboxylic acids is 1. The first-order valence-corrected chi connectivity index (χ1v) is 11.0.